The Balaban J connectivity index is 1.95. The van der Waals surface area contributed by atoms with Crippen LogP contribution in [0.5, 0.6) is 5.75 Å². The van der Waals surface area contributed by atoms with E-state index < -0.39 is 56.3 Å². The van der Waals surface area contributed by atoms with Crippen molar-refractivity contribution in [2.45, 2.75) is 57.3 Å². The van der Waals surface area contributed by atoms with E-state index in [0.717, 1.165) is 11.6 Å². The lowest BCUT2D eigenvalue weighted by molar-refractivity contribution is -0.167. The topological polar surface area (TPSA) is 116 Å². The number of fused-ring (bicyclic) bond motifs is 2. The van der Waals surface area contributed by atoms with Crippen LogP contribution < -0.4 is 4.74 Å². The molecular weight excluding hydrogens is 444 g/mol. The molecule has 180 valence electrons. The fourth-order valence-electron chi connectivity index (χ4n) is 4.64. The fourth-order valence-corrected chi connectivity index (χ4v) is 5.35. The first-order valence-corrected chi connectivity index (χ1v) is 15.1. The van der Waals surface area contributed by atoms with Gasteiger partial charge in [-0.2, -0.15) is 0 Å². The molecule has 9 heteroatoms. The Labute approximate surface area is 194 Å². The third-order valence-electron chi connectivity index (χ3n) is 6.19. The minimum absolute atomic E-state index is 0.132. The predicted octanol–water partition coefficient (Wildman–Crippen LogP) is 3.37. The zero-order valence-electron chi connectivity index (χ0n) is 19.6. The summed E-state index contributed by atoms with van der Waals surface area (Å²) in [5.74, 6) is -5.10. The van der Waals surface area contributed by atoms with Gasteiger partial charge in [-0.3, -0.25) is 14.4 Å². The SMILES string of the molecule is CCCOC(=O)[C@H]1[C@H](C(=O)OCC[Si](C)(C)C)[C@@H]2CC(=O)[C@H]1c1cc(OCC(=O)O)ccc12. The number of rotatable bonds is 10. The van der Waals surface area contributed by atoms with Gasteiger partial charge in [0.15, 0.2) is 6.61 Å². The van der Waals surface area contributed by atoms with Gasteiger partial charge in [0, 0.05) is 20.4 Å². The number of hydrogen-bond donors (Lipinski definition) is 1. The molecule has 0 aromatic heterocycles. The van der Waals surface area contributed by atoms with Crippen LogP contribution in [-0.2, 0) is 28.7 Å². The average Bonchev–Trinajstić information content (AvgIpc) is 2.74. The lowest BCUT2D eigenvalue weighted by Gasteiger charge is -2.46. The average molecular weight is 477 g/mol. The highest BCUT2D eigenvalue weighted by molar-refractivity contribution is 6.76. The van der Waals surface area contributed by atoms with Crippen LogP contribution in [0.15, 0.2) is 18.2 Å². The molecular formula is C24H32O8Si. The number of hydrogen-bond acceptors (Lipinski definition) is 7. The van der Waals surface area contributed by atoms with E-state index in [1.807, 2.05) is 6.92 Å². The van der Waals surface area contributed by atoms with Crippen molar-refractivity contribution >= 4 is 31.8 Å². The summed E-state index contributed by atoms with van der Waals surface area (Å²) in [6.07, 6.45) is 0.772. The van der Waals surface area contributed by atoms with Crippen LogP contribution in [0.3, 0.4) is 0 Å². The van der Waals surface area contributed by atoms with Gasteiger partial charge in [0.25, 0.3) is 0 Å². The molecule has 0 amide bonds. The molecule has 1 aromatic carbocycles. The van der Waals surface area contributed by atoms with E-state index in [2.05, 4.69) is 19.6 Å². The molecule has 0 aliphatic heterocycles. The quantitative estimate of drug-likeness (QED) is 0.404. The summed E-state index contributed by atoms with van der Waals surface area (Å²) < 4.78 is 16.3. The number of esters is 2. The molecule has 2 bridgehead atoms. The molecule has 1 saturated carbocycles. The molecule has 0 radical (unpaired) electrons. The lowest BCUT2D eigenvalue weighted by Crippen LogP contribution is -2.50. The number of carbonyl (C=O) groups is 4. The maximum absolute atomic E-state index is 13.2. The van der Waals surface area contributed by atoms with E-state index in [4.69, 9.17) is 19.3 Å². The second-order valence-corrected chi connectivity index (χ2v) is 15.5. The van der Waals surface area contributed by atoms with Gasteiger partial charge in [-0.15, -0.1) is 0 Å². The second kappa shape index (κ2) is 10.1. The highest BCUT2D eigenvalue weighted by atomic mass is 28.3. The van der Waals surface area contributed by atoms with E-state index >= 15 is 0 Å². The second-order valence-electron chi connectivity index (χ2n) is 9.92. The number of carbonyl (C=O) groups excluding carboxylic acids is 3. The number of ketones is 1. The summed E-state index contributed by atoms with van der Waals surface area (Å²) in [6.45, 7) is 8.41. The molecule has 0 saturated heterocycles. The van der Waals surface area contributed by atoms with Crippen molar-refractivity contribution in [3.8, 4) is 5.75 Å². The Morgan fingerprint density at radius 2 is 1.70 bits per heavy atom. The third kappa shape index (κ3) is 5.63. The van der Waals surface area contributed by atoms with Crippen LogP contribution in [0.4, 0.5) is 0 Å². The zero-order chi connectivity index (χ0) is 24.3. The van der Waals surface area contributed by atoms with E-state index in [0.29, 0.717) is 24.3 Å². The van der Waals surface area contributed by atoms with E-state index in [-0.39, 0.29) is 18.8 Å². The molecule has 3 aliphatic rings. The van der Waals surface area contributed by atoms with Gasteiger partial charge >= 0.3 is 17.9 Å². The van der Waals surface area contributed by atoms with Crippen molar-refractivity contribution < 1.29 is 38.5 Å². The first kappa shape index (κ1) is 24.9. The first-order chi connectivity index (χ1) is 15.5. The molecule has 1 aromatic rings. The maximum atomic E-state index is 13.2. The minimum Gasteiger partial charge on any atom is -0.482 e. The Hall–Kier alpha value is -2.68. The number of carboxylic acids is 1. The summed E-state index contributed by atoms with van der Waals surface area (Å²) >= 11 is 0. The van der Waals surface area contributed by atoms with Crippen LogP contribution in [0.1, 0.15) is 42.7 Å². The number of benzene rings is 1. The summed E-state index contributed by atoms with van der Waals surface area (Å²) in [4.78, 5) is 50.1. The Morgan fingerprint density at radius 3 is 2.33 bits per heavy atom. The standard InChI is InChI=1S/C24H32O8Si/c1-5-8-30-24(29)22-20-16-11-14(32-13-19(26)27)6-7-15(16)17(12-18(20)25)21(22)23(28)31-9-10-33(2,3)4/h6-7,11,17,20-22H,5,8-10,12-13H2,1-4H3,(H,26,27)/t17-,20-,21-,22-/m1/s1. The van der Waals surface area contributed by atoms with Crippen LogP contribution in [0, 0.1) is 11.8 Å². The Morgan fingerprint density at radius 1 is 1.03 bits per heavy atom. The fraction of sp³-hybridized carbons (Fsp3) is 0.583. The molecule has 4 atom stereocenters. The summed E-state index contributed by atoms with van der Waals surface area (Å²) in [5.41, 5.74) is 1.40. The van der Waals surface area contributed by atoms with E-state index in [1.165, 1.54) is 0 Å². The molecule has 0 unspecified atom stereocenters. The Bertz CT molecular complexity index is 935. The number of Topliss-reactive ketones (excluding diaryl/α,β-unsaturated/α-hetero) is 1. The van der Waals surface area contributed by atoms with Crippen molar-refractivity contribution in [3.63, 3.8) is 0 Å². The van der Waals surface area contributed by atoms with Crippen molar-refractivity contribution in [3.05, 3.63) is 29.3 Å². The van der Waals surface area contributed by atoms with E-state index in [9.17, 15) is 19.2 Å². The van der Waals surface area contributed by atoms with Crippen LogP contribution in [0.2, 0.25) is 25.7 Å². The number of carboxylic acid groups (broad SMARTS) is 1. The van der Waals surface area contributed by atoms with Crippen LogP contribution in [0.25, 0.3) is 0 Å². The largest absolute Gasteiger partial charge is 0.482 e. The highest BCUT2D eigenvalue weighted by Crippen LogP contribution is 2.55. The molecule has 8 nitrogen and oxygen atoms in total. The molecule has 3 aliphatic carbocycles. The van der Waals surface area contributed by atoms with Gasteiger partial charge in [-0.05, 0) is 35.7 Å². The predicted molar refractivity (Wildman–Crippen MR) is 122 cm³/mol. The maximum Gasteiger partial charge on any atom is 0.341 e. The smallest absolute Gasteiger partial charge is 0.341 e. The number of ether oxygens (including phenoxy) is 3. The van der Waals surface area contributed by atoms with Crippen LogP contribution >= 0.6 is 0 Å². The molecule has 33 heavy (non-hydrogen) atoms. The lowest BCUT2D eigenvalue weighted by atomic mass is 9.55. The monoisotopic (exact) mass is 476 g/mol. The van der Waals surface area contributed by atoms with Crippen molar-refractivity contribution in [1.29, 1.82) is 0 Å². The van der Waals surface area contributed by atoms with Gasteiger partial charge in [0.1, 0.15) is 11.5 Å². The third-order valence-corrected chi connectivity index (χ3v) is 7.90. The number of aliphatic carboxylic acids is 1. The summed E-state index contributed by atoms with van der Waals surface area (Å²) in [7, 11) is -1.42. The minimum atomic E-state index is -1.42. The summed E-state index contributed by atoms with van der Waals surface area (Å²) in [5, 5.41) is 8.89. The van der Waals surface area contributed by atoms with E-state index in [1.54, 1.807) is 18.2 Å². The van der Waals surface area contributed by atoms with Gasteiger partial charge in [0.05, 0.1) is 31.0 Å². The first-order valence-electron chi connectivity index (χ1n) is 11.4. The zero-order valence-corrected chi connectivity index (χ0v) is 20.6. The van der Waals surface area contributed by atoms with Crippen molar-refractivity contribution in [1.82, 2.24) is 0 Å². The molecule has 0 heterocycles. The van der Waals surface area contributed by atoms with Gasteiger partial charge < -0.3 is 19.3 Å². The van der Waals surface area contributed by atoms with Crippen molar-refractivity contribution in [2.75, 3.05) is 19.8 Å². The van der Waals surface area contributed by atoms with Gasteiger partial charge in [-0.25, -0.2) is 4.79 Å². The van der Waals surface area contributed by atoms with Crippen LogP contribution in [-0.4, -0.2) is 56.7 Å². The highest BCUT2D eigenvalue weighted by Gasteiger charge is 2.57. The summed E-state index contributed by atoms with van der Waals surface area (Å²) in [6, 6.07) is 5.81. The normalized spacial score (nSPS) is 23.6. The Kier molecular flexibility index (Phi) is 7.61. The van der Waals surface area contributed by atoms with Gasteiger partial charge in [0.2, 0.25) is 0 Å². The molecule has 4 rings (SSSR count). The van der Waals surface area contributed by atoms with Gasteiger partial charge in [-0.1, -0.05) is 32.6 Å². The van der Waals surface area contributed by atoms with Crippen molar-refractivity contribution in [2.24, 2.45) is 11.8 Å². The molecule has 0 spiro atoms. The molecule has 1 fully saturated rings. The molecule has 1 N–H and O–H groups in total.